The van der Waals surface area contributed by atoms with E-state index in [1.54, 1.807) is 6.07 Å². The summed E-state index contributed by atoms with van der Waals surface area (Å²) in [6.45, 7) is 0. The normalized spacial score (nSPS) is 25.2. The lowest BCUT2D eigenvalue weighted by atomic mass is 9.97. The summed E-state index contributed by atoms with van der Waals surface area (Å²) in [7, 11) is 0. The summed E-state index contributed by atoms with van der Waals surface area (Å²) in [5, 5.41) is -0.211. The van der Waals surface area contributed by atoms with Gasteiger partial charge in [0.1, 0.15) is 5.82 Å². The summed E-state index contributed by atoms with van der Waals surface area (Å²) < 4.78 is 13.1. The van der Waals surface area contributed by atoms with Crippen molar-refractivity contribution in [1.82, 2.24) is 0 Å². The van der Waals surface area contributed by atoms with Crippen LogP contribution in [0, 0.1) is 5.82 Å². The van der Waals surface area contributed by atoms with Gasteiger partial charge in [0.15, 0.2) is 0 Å². The molecule has 2 unspecified atom stereocenters. The average Bonchev–Trinajstić information content (AvgIpc) is 2.44. The van der Waals surface area contributed by atoms with Crippen molar-refractivity contribution in [3.8, 4) is 0 Å². The summed E-state index contributed by atoms with van der Waals surface area (Å²) in [5.41, 5.74) is 0.784. The summed E-state index contributed by atoms with van der Waals surface area (Å²) >= 11 is 19.9. The first-order chi connectivity index (χ1) is 7.52. The molecule has 0 spiro atoms. The van der Waals surface area contributed by atoms with Crippen molar-refractivity contribution in [1.29, 1.82) is 0 Å². The second kappa shape index (κ2) is 4.56. The van der Waals surface area contributed by atoms with Crippen molar-refractivity contribution >= 4 is 63.9 Å². The van der Waals surface area contributed by atoms with Crippen LogP contribution in [-0.2, 0) is 0 Å². The highest BCUT2D eigenvalue weighted by Gasteiger charge is 2.38. The van der Waals surface area contributed by atoms with E-state index in [-0.39, 0.29) is 17.0 Å². The van der Waals surface area contributed by atoms with Gasteiger partial charge in [-0.25, -0.2) is 4.39 Å². The molecule has 1 aliphatic carbocycles. The zero-order valence-corrected chi connectivity index (χ0v) is 11.4. The fourth-order valence-electron chi connectivity index (χ4n) is 1.73. The van der Waals surface area contributed by atoms with E-state index in [4.69, 9.17) is 36.7 Å². The van der Waals surface area contributed by atoms with Gasteiger partial charge in [-0.05, 0) is 17.7 Å². The first kappa shape index (κ1) is 12.2. The molecule has 0 N–H and O–H groups in total. The minimum Gasteiger partial charge on any atom is -0.207 e. The van der Waals surface area contributed by atoms with E-state index in [0.717, 1.165) is 5.56 Å². The van der Waals surface area contributed by atoms with E-state index < -0.39 is 0 Å². The van der Waals surface area contributed by atoms with Crippen LogP contribution in [0.15, 0.2) is 24.3 Å². The van der Waals surface area contributed by atoms with Gasteiger partial charge in [0.2, 0.25) is 0 Å². The van der Waals surface area contributed by atoms with Crippen LogP contribution in [-0.4, -0.2) is 19.8 Å². The Labute approximate surface area is 115 Å². The SMILES string of the molecule is Fc1cccc(C2C(=S)C(=S)C(=S)C2S)c1. The van der Waals surface area contributed by atoms with Crippen molar-refractivity contribution in [3.05, 3.63) is 35.6 Å². The second-order valence-corrected chi connectivity index (χ2v) is 5.38. The molecule has 0 heterocycles. The molecule has 1 fully saturated rings. The Balaban J connectivity index is 2.46. The smallest absolute Gasteiger partial charge is 0.123 e. The standard InChI is InChI=1S/C11H7FS4/c12-6-3-1-2-5(4-6)7-8(13)10(15)11(16)9(7)14/h1-4,7-8,13H. The van der Waals surface area contributed by atoms with Gasteiger partial charge in [-0.1, -0.05) is 48.8 Å². The van der Waals surface area contributed by atoms with Crippen LogP contribution in [0.4, 0.5) is 4.39 Å². The molecule has 2 rings (SSSR count). The maximum atomic E-state index is 13.1. The van der Waals surface area contributed by atoms with E-state index in [0.29, 0.717) is 14.6 Å². The number of rotatable bonds is 1. The van der Waals surface area contributed by atoms with Gasteiger partial charge in [0.05, 0.1) is 10.1 Å². The molecule has 1 aliphatic rings. The average molecular weight is 286 g/mol. The fourth-order valence-corrected chi connectivity index (χ4v) is 3.31. The summed E-state index contributed by atoms with van der Waals surface area (Å²) in [4.78, 5) is 1.72. The monoisotopic (exact) mass is 286 g/mol. The zero-order chi connectivity index (χ0) is 11.9. The topological polar surface area (TPSA) is 0 Å². The quantitative estimate of drug-likeness (QED) is 0.621. The first-order valence-electron chi connectivity index (χ1n) is 4.58. The number of hydrogen-bond donors (Lipinski definition) is 1. The lowest BCUT2D eigenvalue weighted by molar-refractivity contribution is 0.625. The Morgan fingerprint density at radius 3 is 2.31 bits per heavy atom. The highest BCUT2D eigenvalue weighted by atomic mass is 32.1. The van der Waals surface area contributed by atoms with Gasteiger partial charge in [0.25, 0.3) is 0 Å². The van der Waals surface area contributed by atoms with Crippen LogP contribution in [0.3, 0.4) is 0 Å². The number of thiol groups is 1. The summed E-state index contributed by atoms with van der Waals surface area (Å²) in [6.07, 6.45) is 0. The summed E-state index contributed by atoms with van der Waals surface area (Å²) in [5.74, 6) is -0.460. The zero-order valence-electron chi connectivity index (χ0n) is 8.01. The van der Waals surface area contributed by atoms with Gasteiger partial charge in [0, 0.05) is 15.6 Å². The second-order valence-electron chi connectivity index (χ2n) is 3.54. The molecule has 0 aromatic heterocycles. The van der Waals surface area contributed by atoms with E-state index >= 15 is 0 Å². The van der Waals surface area contributed by atoms with E-state index in [2.05, 4.69) is 12.6 Å². The number of benzene rings is 1. The molecule has 0 nitrogen and oxygen atoms in total. The van der Waals surface area contributed by atoms with E-state index in [9.17, 15) is 4.39 Å². The predicted molar refractivity (Wildman–Crippen MR) is 79.7 cm³/mol. The van der Waals surface area contributed by atoms with E-state index in [1.165, 1.54) is 12.1 Å². The van der Waals surface area contributed by atoms with E-state index in [1.807, 2.05) is 6.07 Å². The third-order valence-corrected chi connectivity index (χ3v) is 4.87. The number of thiocarbonyl (C=S) groups is 3. The molecule has 1 aromatic rings. The van der Waals surface area contributed by atoms with Crippen LogP contribution in [0.2, 0.25) is 0 Å². The molecular formula is C11H7FS4. The molecule has 0 amide bonds. The molecule has 5 heteroatoms. The Morgan fingerprint density at radius 1 is 1.12 bits per heavy atom. The highest BCUT2D eigenvalue weighted by molar-refractivity contribution is 7.97. The van der Waals surface area contributed by atoms with Crippen molar-refractivity contribution in [3.63, 3.8) is 0 Å². The Morgan fingerprint density at radius 2 is 1.81 bits per heavy atom. The Kier molecular flexibility index (Phi) is 3.49. The fraction of sp³-hybridized carbons (Fsp3) is 0.182. The predicted octanol–water partition coefficient (Wildman–Crippen LogP) is 3.33. The van der Waals surface area contributed by atoms with Gasteiger partial charge in [-0.3, -0.25) is 0 Å². The lowest BCUT2D eigenvalue weighted by Crippen LogP contribution is -2.14. The third kappa shape index (κ3) is 1.97. The molecule has 82 valence electrons. The van der Waals surface area contributed by atoms with Crippen molar-refractivity contribution in [2.75, 3.05) is 0 Å². The van der Waals surface area contributed by atoms with Crippen LogP contribution < -0.4 is 0 Å². The Bertz CT molecular complexity index is 495. The maximum absolute atomic E-state index is 13.1. The van der Waals surface area contributed by atoms with Gasteiger partial charge in [-0.2, -0.15) is 12.6 Å². The molecular weight excluding hydrogens is 279 g/mol. The Hall–Kier alpha value is -0.230. The van der Waals surface area contributed by atoms with Crippen LogP contribution in [0.5, 0.6) is 0 Å². The van der Waals surface area contributed by atoms with Crippen molar-refractivity contribution in [2.24, 2.45) is 0 Å². The molecule has 0 aliphatic heterocycles. The van der Waals surface area contributed by atoms with Gasteiger partial charge >= 0.3 is 0 Å². The minimum atomic E-state index is -0.287. The molecule has 1 saturated carbocycles. The minimum absolute atomic E-state index is 0.172. The molecule has 0 saturated heterocycles. The number of halogens is 1. The molecule has 1 aromatic carbocycles. The third-order valence-electron chi connectivity index (χ3n) is 2.52. The molecule has 2 atom stereocenters. The highest BCUT2D eigenvalue weighted by Crippen LogP contribution is 2.34. The number of hydrogen-bond acceptors (Lipinski definition) is 4. The van der Waals surface area contributed by atoms with Crippen molar-refractivity contribution in [2.45, 2.75) is 11.2 Å². The van der Waals surface area contributed by atoms with Crippen molar-refractivity contribution < 1.29 is 4.39 Å². The largest absolute Gasteiger partial charge is 0.207 e. The van der Waals surface area contributed by atoms with Gasteiger partial charge in [-0.15, -0.1) is 0 Å². The van der Waals surface area contributed by atoms with Crippen LogP contribution >= 0.6 is 49.3 Å². The molecule has 16 heavy (non-hydrogen) atoms. The van der Waals surface area contributed by atoms with Crippen LogP contribution in [0.25, 0.3) is 0 Å². The summed E-state index contributed by atoms with van der Waals surface area (Å²) in [6, 6.07) is 6.32. The van der Waals surface area contributed by atoms with Crippen LogP contribution in [0.1, 0.15) is 11.5 Å². The molecule has 0 bridgehead atoms. The maximum Gasteiger partial charge on any atom is 0.123 e. The molecule has 0 radical (unpaired) electrons. The lowest BCUT2D eigenvalue weighted by Gasteiger charge is -2.14. The first-order valence-corrected chi connectivity index (χ1v) is 6.32. The van der Waals surface area contributed by atoms with Gasteiger partial charge < -0.3 is 0 Å².